The van der Waals surface area contributed by atoms with Crippen LogP contribution >= 0.6 is 11.3 Å². The van der Waals surface area contributed by atoms with E-state index >= 15 is 0 Å². The molecule has 1 aliphatic carbocycles. The minimum Gasteiger partial charge on any atom is -0.374 e. The van der Waals surface area contributed by atoms with Gasteiger partial charge in [-0.25, -0.2) is 0 Å². The Balaban J connectivity index is 1.88. The number of carbonyl (C=O) groups is 1. The van der Waals surface area contributed by atoms with Crippen molar-refractivity contribution in [1.82, 2.24) is 15.5 Å². The van der Waals surface area contributed by atoms with Gasteiger partial charge in [0.1, 0.15) is 0 Å². The second kappa shape index (κ2) is 4.60. The van der Waals surface area contributed by atoms with Crippen LogP contribution in [0, 0.1) is 5.41 Å². The van der Waals surface area contributed by atoms with Crippen LogP contribution in [0.3, 0.4) is 0 Å². The van der Waals surface area contributed by atoms with Crippen molar-refractivity contribution < 1.29 is 4.79 Å². The number of nitrogens with one attached hydrogen (secondary N) is 1. The van der Waals surface area contributed by atoms with Crippen molar-refractivity contribution in [3.05, 3.63) is 5.01 Å². The number of hydrogen-bond donors (Lipinski definition) is 2. The van der Waals surface area contributed by atoms with Gasteiger partial charge in [-0.15, -0.1) is 10.2 Å². The molecule has 1 aromatic rings. The molecule has 2 rings (SSSR count). The molecule has 1 heterocycles. The molecule has 6 heteroatoms. The van der Waals surface area contributed by atoms with E-state index in [9.17, 15) is 4.79 Å². The first kappa shape index (κ1) is 12.3. The van der Waals surface area contributed by atoms with Crippen LogP contribution in [0.15, 0.2) is 0 Å². The molecule has 0 aromatic carbocycles. The van der Waals surface area contributed by atoms with Crippen molar-refractivity contribution in [2.45, 2.75) is 45.6 Å². The maximum atomic E-state index is 11.8. The van der Waals surface area contributed by atoms with Crippen LogP contribution < -0.4 is 11.1 Å². The van der Waals surface area contributed by atoms with Gasteiger partial charge in [0.05, 0.1) is 0 Å². The van der Waals surface area contributed by atoms with Crippen molar-refractivity contribution in [3.8, 4) is 0 Å². The topological polar surface area (TPSA) is 80.9 Å². The highest BCUT2D eigenvalue weighted by atomic mass is 32.1. The van der Waals surface area contributed by atoms with E-state index in [4.69, 9.17) is 5.73 Å². The molecule has 1 saturated carbocycles. The number of rotatable bonds is 2. The minimum absolute atomic E-state index is 0.149. The van der Waals surface area contributed by atoms with Crippen molar-refractivity contribution in [2.75, 3.05) is 5.73 Å². The first-order chi connectivity index (χ1) is 7.96. The average Bonchev–Trinajstić information content (AvgIpc) is 2.68. The maximum absolute atomic E-state index is 11.8. The van der Waals surface area contributed by atoms with Gasteiger partial charge < -0.3 is 11.1 Å². The number of aromatic nitrogens is 2. The van der Waals surface area contributed by atoms with E-state index in [2.05, 4.69) is 29.4 Å². The Hall–Kier alpha value is -1.17. The van der Waals surface area contributed by atoms with Gasteiger partial charge in [-0.1, -0.05) is 25.2 Å². The number of carbonyl (C=O) groups excluding carboxylic acids is 1. The van der Waals surface area contributed by atoms with Gasteiger partial charge in [-0.05, 0) is 31.1 Å². The van der Waals surface area contributed by atoms with E-state index in [1.807, 2.05) is 0 Å². The van der Waals surface area contributed by atoms with E-state index in [0.29, 0.717) is 15.6 Å². The lowest BCUT2D eigenvalue weighted by atomic mass is 9.75. The zero-order chi connectivity index (χ0) is 12.5. The summed E-state index contributed by atoms with van der Waals surface area (Å²) >= 11 is 1.13. The largest absolute Gasteiger partial charge is 0.374 e. The summed E-state index contributed by atoms with van der Waals surface area (Å²) in [5.74, 6) is -0.149. The highest BCUT2D eigenvalue weighted by Crippen LogP contribution is 2.35. The smallest absolute Gasteiger partial charge is 0.282 e. The number of nitrogens with two attached hydrogens (primary N) is 1. The van der Waals surface area contributed by atoms with Gasteiger partial charge in [0, 0.05) is 6.04 Å². The first-order valence-electron chi connectivity index (χ1n) is 5.86. The minimum atomic E-state index is -0.149. The van der Waals surface area contributed by atoms with Gasteiger partial charge in [0.2, 0.25) is 10.1 Å². The second-order valence-electron chi connectivity index (χ2n) is 5.36. The van der Waals surface area contributed by atoms with E-state index in [1.54, 1.807) is 0 Å². The SMILES string of the molecule is CC1(C)CCC(NC(=O)c2nnc(N)s2)CC1. The normalized spacial score (nSPS) is 20.1. The molecule has 0 spiro atoms. The highest BCUT2D eigenvalue weighted by Gasteiger charge is 2.28. The molecule has 3 N–H and O–H groups in total. The highest BCUT2D eigenvalue weighted by molar-refractivity contribution is 7.16. The van der Waals surface area contributed by atoms with Crippen molar-refractivity contribution >= 4 is 22.4 Å². The summed E-state index contributed by atoms with van der Waals surface area (Å²) in [4.78, 5) is 11.8. The molecule has 94 valence electrons. The Morgan fingerprint density at radius 1 is 1.41 bits per heavy atom. The van der Waals surface area contributed by atoms with Gasteiger partial charge in [0.15, 0.2) is 0 Å². The molecular formula is C11H18N4OS. The average molecular weight is 254 g/mol. The summed E-state index contributed by atoms with van der Waals surface area (Å²) in [6.45, 7) is 4.55. The van der Waals surface area contributed by atoms with Gasteiger partial charge in [-0.3, -0.25) is 4.79 Å². The molecule has 0 saturated heterocycles. The Kier molecular flexibility index (Phi) is 3.33. The molecule has 0 aliphatic heterocycles. The molecular weight excluding hydrogens is 236 g/mol. The Bertz CT molecular complexity index is 405. The summed E-state index contributed by atoms with van der Waals surface area (Å²) in [5, 5.41) is 11.1. The van der Waals surface area contributed by atoms with Crippen molar-refractivity contribution in [1.29, 1.82) is 0 Å². The predicted molar refractivity (Wildman–Crippen MR) is 67.8 cm³/mol. The fourth-order valence-corrected chi connectivity index (χ4v) is 2.63. The molecule has 1 amide bonds. The summed E-state index contributed by atoms with van der Waals surface area (Å²) < 4.78 is 0. The van der Waals surface area contributed by atoms with Gasteiger partial charge in [0.25, 0.3) is 5.91 Å². The third kappa shape index (κ3) is 3.15. The van der Waals surface area contributed by atoms with Crippen LogP contribution in [0.4, 0.5) is 5.13 Å². The lowest BCUT2D eigenvalue weighted by Gasteiger charge is -2.34. The van der Waals surface area contributed by atoms with Crippen LogP contribution in [0.5, 0.6) is 0 Å². The molecule has 0 unspecified atom stereocenters. The second-order valence-corrected chi connectivity index (χ2v) is 6.37. The van der Waals surface area contributed by atoms with Gasteiger partial charge in [-0.2, -0.15) is 0 Å². The standard InChI is InChI=1S/C11H18N4OS/c1-11(2)5-3-7(4-6-11)13-8(16)9-14-15-10(12)17-9/h7H,3-6H2,1-2H3,(H2,12,15)(H,13,16). The summed E-state index contributed by atoms with van der Waals surface area (Å²) in [7, 11) is 0. The summed E-state index contributed by atoms with van der Waals surface area (Å²) in [6, 6.07) is 0.264. The number of nitrogens with zero attached hydrogens (tertiary/aromatic N) is 2. The van der Waals surface area contributed by atoms with E-state index in [-0.39, 0.29) is 11.9 Å². The molecule has 5 nitrogen and oxygen atoms in total. The van der Waals surface area contributed by atoms with Crippen LogP contribution in [0.1, 0.15) is 49.3 Å². The van der Waals surface area contributed by atoms with E-state index < -0.39 is 0 Å². The predicted octanol–water partition coefficient (Wildman–Crippen LogP) is 1.82. The van der Waals surface area contributed by atoms with Crippen molar-refractivity contribution in [3.63, 3.8) is 0 Å². The molecule has 17 heavy (non-hydrogen) atoms. The van der Waals surface area contributed by atoms with E-state index in [0.717, 1.165) is 37.0 Å². The zero-order valence-corrected chi connectivity index (χ0v) is 11.0. The van der Waals surface area contributed by atoms with Crippen LogP contribution in [0.2, 0.25) is 0 Å². The third-order valence-electron chi connectivity index (χ3n) is 3.31. The quantitative estimate of drug-likeness (QED) is 0.843. The molecule has 1 fully saturated rings. The van der Waals surface area contributed by atoms with Crippen molar-refractivity contribution in [2.24, 2.45) is 5.41 Å². The van der Waals surface area contributed by atoms with E-state index in [1.165, 1.54) is 0 Å². The third-order valence-corrected chi connectivity index (χ3v) is 4.06. The summed E-state index contributed by atoms with van der Waals surface area (Å²) in [5.41, 5.74) is 5.86. The maximum Gasteiger partial charge on any atom is 0.282 e. The lowest BCUT2D eigenvalue weighted by molar-refractivity contribution is 0.0908. The fourth-order valence-electron chi connectivity index (χ4n) is 2.12. The number of hydrogen-bond acceptors (Lipinski definition) is 5. The molecule has 1 aromatic heterocycles. The number of nitrogen functional groups attached to an aromatic ring is 1. The molecule has 0 bridgehead atoms. The van der Waals surface area contributed by atoms with Crippen LogP contribution in [0.25, 0.3) is 0 Å². The Morgan fingerprint density at radius 2 is 2.06 bits per heavy atom. The number of anilines is 1. The zero-order valence-electron chi connectivity index (χ0n) is 10.2. The van der Waals surface area contributed by atoms with Crippen LogP contribution in [-0.4, -0.2) is 22.1 Å². The first-order valence-corrected chi connectivity index (χ1v) is 6.68. The molecule has 0 radical (unpaired) electrons. The number of amides is 1. The monoisotopic (exact) mass is 254 g/mol. The molecule has 1 aliphatic rings. The Labute approximate surface area is 105 Å². The summed E-state index contributed by atoms with van der Waals surface area (Å²) in [6.07, 6.45) is 4.37. The van der Waals surface area contributed by atoms with Crippen LogP contribution in [-0.2, 0) is 0 Å². The lowest BCUT2D eigenvalue weighted by Crippen LogP contribution is -2.39. The van der Waals surface area contributed by atoms with Gasteiger partial charge >= 0.3 is 0 Å². The Morgan fingerprint density at radius 3 is 2.59 bits per heavy atom. The fraction of sp³-hybridized carbons (Fsp3) is 0.727. The molecule has 0 atom stereocenters.